The SMILES string of the molecule is N#Cc1ccc(COC(=O)c2nn(Cc3ccccc3)c(=O)c3ccccc23)cc1. The molecule has 0 amide bonds. The van der Waals surface area contributed by atoms with Crippen molar-refractivity contribution < 1.29 is 9.53 Å². The van der Waals surface area contributed by atoms with Gasteiger partial charge in [-0.3, -0.25) is 4.79 Å². The van der Waals surface area contributed by atoms with Crippen LogP contribution in [-0.4, -0.2) is 15.7 Å². The first-order valence-electron chi connectivity index (χ1n) is 9.35. The molecule has 0 aliphatic carbocycles. The zero-order chi connectivity index (χ0) is 20.9. The van der Waals surface area contributed by atoms with Gasteiger partial charge in [0.1, 0.15) is 6.61 Å². The first-order valence-corrected chi connectivity index (χ1v) is 9.35. The van der Waals surface area contributed by atoms with Crippen molar-refractivity contribution in [2.45, 2.75) is 13.2 Å². The molecule has 0 atom stereocenters. The Morgan fingerprint density at radius 1 is 0.900 bits per heavy atom. The lowest BCUT2D eigenvalue weighted by molar-refractivity contribution is 0.0465. The van der Waals surface area contributed by atoms with Crippen LogP contribution in [0.15, 0.2) is 83.7 Å². The molecule has 6 heteroatoms. The first-order chi connectivity index (χ1) is 14.7. The number of hydrogen-bond acceptors (Lipinski definition) is 5. The highest BCUT2D eigenvalue weighted by atomic mass is 16.5. The minimum Gasteiger partial charge on any atom is -0.456 e. The van der Waals surface area contributed by atoms with E-state index in [-0.39, 0.29) is 24.4 Å². The van der Waals surface area contributed by atoms with Gasteiger partial charge in [-0.05, 0) is 29.3 Å². The normalized spacial score (nSPS) is 10.5. The van der Waals surface area contributed by atoms with Crippen molar-refractivity contribution in [2.24, 2.45) is 0 Å². The molecule has 0 radical (unpaired) electrons. The maximum Gasteiger partial charge on any atom is 0.359 e. The zero-order valence-corrected chi connectivity index (χ0v) is 16.0. The molecule has 0 unspecified atom stereocenters. The standard InChI is InChI=1S/C24H17N3O3/c25-14-17-10-12-19(13-11-17)16-30-24(29)22-20-8-4-5-9-21(20)23(28)27(26-22)15-18-6-2-1-3-7-18/h1-13H,15-16H2. The first kappa shape index (κ1) is 19.1. The molecule has 4 rings (SSSR count). The second kappa shape index (κ2) is 8.41. The van der Waals surface area contributed by atoms with Gasteiger partial charge in [0.05, 0.1) is 23.6 Å². The Labute approximate surface area is 172 Å². The van der Waals surface area contributed by atoms with Crippen LogP contribution in [-0.2, 0) is 17.9 Å². The summed E-state index contributed by atoms with van der Waals surface area (Å²) >= 11 is 0. The number of nitrogens with zero attached hydrogens (tertiary/aromatic N) is 3. The van der Waals surface area contributed by atoms with Crippen LogP contribution in [0.2, 0.25) is 0 Å². The van der Waals surface area contributed by atoms with Crippen LogP contribution in [0.4, 0.5) is 0 Å². The second-order valence-corrected chi connectivity index (χ2v) is 6.73. The topological polar surface area (TPSA) is 85.0 Å². The van der Waals surface area contributed by atoms with Crippen molar-refractivity contribution >= 4 is 16.7 Å². The lowest BCUT2D eigenvalue weighted by atomic mass is 10.1. The van der Waals surface area contributed by atoms with E-state index in [0.29, 0.717) is 16.3 Å². The van der Waals surface area contributed by atoms with E-state index in [1.165, 1.54) is 4.68 Å². The number of fused-ring (bicyclic) bond motifs is 1. The lowest BCUT2D eigenvalue weighted by Crippen LogP contribution is -2.27. The van der Waals surface area contributed by atoms with Crippen molar-refractivity contribution in [1.29, 1.82) is 5.26 Å². The molecule has 0 saturated heterocycles. The highest BCUT2D eigenvalue weighted by Crippen LogP contribution is 2.16. The summed E-state index contributed by atoms with van der Waals surface area (Å²) in [4.78, 5) is 25.7. The van der Waals surface area contributed by atoms with E-state index < -0.39 is 5.97 Å². The summed E-state index contributed by atoms with van der Waals surface area (Å²) in [5.41, 5.74) is 2.02. The van der Waals surface area contributed by atoms with Crippen molar-refractivity contribution in [3.05, 3.63) is 112 Å². The van der Waals surface area contributed by atoms with Crippen LogP contribution in [0, 0.1) is 11.3 Å². The summed E-state index contributed by atoms with van der Waals surface area (Å²) in [5, 5.41) is 14.1. The fourth-order valence-corrected chi connectivity index (χ4v) is 3.14. The van der Waals surface area contributed by atoms with Gasteiger partial charge in [-0.15, -0.1) is 0 Å². The molecule has 1 aromatic heterocycles. The minimum absolute atomic E-state index is 0.0400. The van der Waals surface area contributed by atoms with Crippen LogP contribution in [0.25, 0.3) is 10.8 Å². The van der Waals surface area contributed by atoms with E-state index in [4.69, 9.17) is 10.00 Å². The molecule has 3 aromatic carbocycles. The van der Waals surface area contributed by atoms with E-state index in [2.05, 4.69) is 5.10 Å². The van der Waals surface area contributed by atoms with Gasteiger partial charge < -0.3 is 4.74 Å². The smallest absolute Gasteiger partial charge is 0.359 e. The molecule has 0 spiro atoms. The third-order valence-corrected chi connectivity index (χ3v) is 4.69. The van der Waals surface area contributed by atoms with E-state index in [0.717, 1.165) is 11.1 Å². The highest BCUT2D eigenvalue weighted by molar-refractivity contribution is 6.02. The summed E-state index contributed by atoms with van der Waals surface area (Å²) in [6.07, 6.45) is 0. The fraction of sp³-hybridized carbons (Fsp3) is 0.0833. The molecular weight excluding hydrogens is 378 g/mol. The van der Waals surface area contributed by atoms with E-state index >= 15 is 0 Å². The summed E-state index contributed by atoms with van der Waals surface area (Å²) in [6, 6.07) is 25.2. The van der Waals surface area contributed by atoms with Gasteiger partial charge in [-0.25, -0.2) is 9.48 Å². The average Bonchev–Trinajstić information content (AvgIpc) is 2.80. The predicted octanol–water partition coefficient (Wildman–Crippen LogP) is 3.67. The monoisotopic (exact) mass is 395 g/mol. The quantitative estimate of drug-likeness (QED) is 0.481. The van der Waals surface area contributed by atoms with E-state index in [1.54, 1.807) is 48.5 Å². The lowest BCUT2D eigenvalue weighted by Gasteiger charge is -2.11. The van der Waals surface area contributed by atoms with Crippen LogP contribution in [0.5, 0.6) is 0 Å². The summed E-state index contributed by atoms with van der Waals surface area (Å²) in [6.45, 7) is 0.290. The molecule has 0 aliphatic rings. The van der Waals surface area contributed by atoms with Gasteiger partial charge in [-0.1, -0.05) is 60.7 Å². The zero-order valence-electron chi connectivity index (χ0n) is 16.0. The van der Waals surface area contributed by atoms with Crippen LogP contribution in [0.1, 0.15) is 27.2 Å². The van der Waals surface area contributed by atoms with Gasteiger partial charge in [0.15, 0.2) is 5.69 Å². The largest absolute Gasteiger partial charge is 0.456 e. The van der Waals surface area contributed by atoms with Gasteiger partial charge >= 0.3 is 5.97 Å². The number of carbonyl (C=O) groups excluding carboxylic acids is 1. The Hall–Kier alpha value is -4.24. The Kier molecular flexibility index (Phi) is 5.35. The minimum atomic E-state index is -0.614. The maximum atomic E-state index is 12.9. The maximum absolute atomic E-state index is 12.9. The van der Waals surface area contributed by atoms with Gasteiger partial charge in [0.25, 0.3) is 5.56 Å². The number of esters is 1. The number of carbonyl (C=O) groups is 1. The number of ether oxygens (including phenoxy) is 1. The molecule has 1 heterocycles. The third kappa shape index (κ3) is 3.96. The summed E-state index contributed by atoms with van der Waals surface area (Å²) in [7, 11) is 0. The van der Waals surface area contributed by atoms with Crippen LogP contribution >= 0.6 is 0 Å². The molecule has 30 heavy (non-hydrogen) atoms. The van der Waals surface area contributed by atoms with Gasteiger partial charge in [-0.2, -0.15) is 10.4 Å². The molecule has 0 aliphatic heterocycles. The molecule has 0 fully saturated rings. The van der Waals surface area contributed by atoms with E-state index in [1.807, 2.05) is 36.4 Å². The van der Waals surface area contributed by atoms with Crippen molar-refractivity contribution in [2.75, 3.05) is 0 Å². The van der Waals surface area contributed by atoms with Crippen molar-refractivity contribution in [3.8, 4) is 6.07 Å². The Bertz CT molecular complexity index is 1300. The molecule has 4 aromatic rings. The third-order valence-electron chi connectivity index (χ3n) is 4.69. The number of benzene rings is 3. The Morgan fingerprint density at radius 2 is 1.57 bits per heavy atom. The fourth-order valence-electron chi connectivity index (χ4n) is 3.14. The summed E-state index contributed by atoms with van der Waals surface area (Å²) in [5.74, 6) is -0.614. The van der Waals surface area contributed by atoms with Crippen molar-refractivity contribution in [3.63, 3.8) is 0 Å². The van der Waals surface area contributed by atoms with Crippen LogP contribution < -0.4 is 5.56 Å². The highest BCUT2D eigenvalue weighted by Gasteiger charge is 2.18. The molecular formula is C24H17N3O3. The van der Waals surface area contributed by atoms with Gasteiger partial charge in [0.2, 0.25) is 0 Å². The summed E-state index contributed by atoms with van der Waals surface area (Å²) < 4.78 is 6.73. The molecule has 146 valence electrons. The predicted molar refractivity (Wildman–Crippen MR) is 112 cm³/mol. The average molecular weight is 395 g/mol. The van der Waals surface area contributed by atoms with Crippen molar-refractivity contribution in [1.82, 2.24) is 9.78 Å². The number of hydrogen-bond donors (Lipinski definition) is 0. The van der Waals surface area contributed by atoms with Gasteiger partial charge in [0, 0.05) is 5.39 Å². The Balaban J connectivity index is 1.66. The second-order valence-electron chi connectivity index (χ2n) is 6.73. The molecule has 0 bridgehead atoms. The Morgan fingerprint density at radius 3 is 2.27 bits per heavy atom. The molecule has 0 saturated carbocycles. The number of nitriles is 1. The molecule has 6 nitrogen and oxygen atoms in total. The molecule has 0 N–H and O–H groups in total. The van der Waals surface area contributed by atoms with Crippen LogP contribution in [0.3, 0.4) is 0 Å². The number of aromatic nitrogens is 2. The van der Waals surface area contributed by atoms with E-state index in [9.17, 15) is 9.59 Å². The number of rotatable bonds is 5.